The molecule has 0 fully saturated rings. The summed E-state index contributed by atoms with van der Waals surface area (Å²) in [4.78, 5) is 3.95. The fourth-order valence-electron chi connectivity index (χ4n) is 2.21. The third kappa shape index (κ3) is 3.36. The van der Waals surface area contributed by atoms with Crippen LogP contribution in [0.1, 0.15) is 27.7 Å². The Labute approximate surface area is 129 Å². The average Bonchev–Trinajstić information content (AvgIpc) is 2.94. The van der Waals surface area contributed by atoms with Gasteiger partial charge < -0.3 is 9.84 Å². The second-order valence-electron chi connectivity index (χ2n) is 6.22. The Hall–Kier alpha value is -1.59. The molecule has 0 aliphatic rings. The lowest BCUT2D eigenvalue weighted by Crippen LogP contribution is -2.53. The van der Waals surface area contributed by atoms with Crippen molar-refractivity contribution in [2.75, 3.05) is 0 Å². The van der Waals surface area contributed by atoms with E-state index in [1.54, 1.807) is 31.2 Å². The summed E-state index contributed by atoms with van der Waals surface area (Å²) in [5.74, 6) is 0.598. The summed E-state index contributed by atoms with van der Waals surface area (Å²) in [7, 11) is 0. The fourth-order valence-corrected chi connectivity index (χ4v) is 2.34. The highest BCUT2D eigenvalue weighted by molar-refractivity contribution is 6.30. The van der Waals surface area contributed by atoms with Crippen LogP contribution in [-0.2, 0) is 5.72 Å². The molecule has 0 saturated heterocycles. The van der Waals surface area contributed by atoms with E-state index in [1.165, 1.54) is 17.3 Å². The van der Waals surface area contributed by atoms with Crippen LogP contribution in [0, 0.1) is 5.41 Å². The molecule has 1 aromatic heterocycles. The normalized spacial score (nSPS) is 16.3. The number of rotatable bonds is 4. The van der Waals surface area contributed by atoms with Crippen molar-refractivity contribution in [3.8, 4) is 5.75 Å². The highest BCUT2D eigenvalue weighted by atomic mass is 35.5. The predicted octanol–water partition coefficient (Wildman–Crippen LogP) is 3.09. The second-order valence-corrected chi connectivity index (χ2v) is 6.66. The van der Waals surface area contributed by atoms with Crippen molar-refractivity contribution in [3.63, 3.8) is 0 Å². The van der Waals surface area contributed by atoms with Gasteiger partial charge in [0, 0.05) is 5.02 Å². The van der Waals surface area contributed by atoms with Crippen molar-refractivity contribution in [1.29, 1.82) is 0 Å². The van der Waals surface area contributed by atoms with E-state index in [0.29, 0.717) is 10.8 Å². The van der Waals surface area contributed by atoms with Crippen LogP contribution in [0.15, 0.2) is 36.9 Å². The van der Waals surface area contributed by atoms with Gasteiger partial charge in [-0.2, -0.15) is 5.10 Å². The Morgan fingerprint density at radius 2 is 1.81 bits per heavy atom. The highest BCUT2D eigenvalue weighted by Gasteiger charge is 2.45. The summed E-state index contributed by atoms with van der Waals surface area (Å²) in [6.07, 6.45) is 2.14. The number of benzene rings is 1. The van der Waals surface area contributed by atoms with E-state index in [1.807, 2.05) is 20.8 Å². The van der Waals surface area contributed by atoms with Crippen LogP contribution < -0.4 is 4.74 Å². The number of aromatic nitrogens is 3. The maximum absolute atomic E-state index is 10.8. The van der Waals surface area contributed by atoms with Crippen molar-refractivity contribution >= 4 is 11.6 Å². The zero-order valence-electron chi connectivity index (χ0n) is 12.6. The first kappa shape index (κ1) is 15.8. The van der Waals surface area contributed by atoms with Crippen LogP contribution in [-0.4, -0.2) is 26.0 Å². The number of halogens is 1. The summed E-state index contributed by atoms with van der Waals surface area (Å²) >= 11 is 5.89. The molecular formula is C15H20ClN3O2. The molecule has 6 heteroatoms. The van der Waals surface area contributed by atoms with Gasteiger partial charge in [0.2, 0.25) is 5.72 Å². The standard InChI is InChI=1S/C15H20ClN3O2/c1-14(2,3)13(20)15(4,19-10-17-9-18-19)21-12-7-5-11(16)6-8-12/h5-10,13,20H,1-4H3. The molecule has 21 heavy (non-hydrogen) atoms. The highest BCUT2D eigenvalue weighted by Crippen LogP contribution is 2.35. The van der Waals surface area contributed by atoms with Gasteiger partial charge in [-0.15, -0.1) is 0 Å². The van der Waals surface area contributed by atoms with Gasteiger partial charge in [-0.05, 0) is 36.6 Å². The first-order chi connectivity index (χ1) is 9.73. The number of ether oxygens (including phenoxy) is 1. The Bertz CT molecular complexity index is 578. The molecule has 5 nitrogen and oxygen atoms in total. The number of hydrogen-bond acceptors (Lipinski definition) is 4. The average molecular weight is 310 g/mol. The van der Waals surface area contributed by atoms with E-state index in [2.05, 4.69) is 10.1 Å². The van der Waals surface area contributed by atoms with Crippen molar-refractivity contribution in [2.45, 2.75) is 39.5 Å². The maximum Gasteiger partial charge on any atom is 0.226 e. The monoisotopic (exact) mass is 309 g/mol. The van der Waals surface area contributed by atoms with E-state index in [9.17, 15) is 5.11 Å². The van der Waals surface area contributed by atoms with E-state index >= 15 is 0 Å². The van der Waals surface area contributed by atoms with Crippen molar-refractivity contribution in [3.05, 3.63) is 41.9 Å². The molecule has 0 radical (unpaired) electrons. The number of aliphatic hydroxyl groups excluding tert-OH is 1. The zero-order valence-corrected chi connectivity index (χ0v) is 13.4. The number of hydrogen-bond donors (Lipinski definition) is 1. The Morgan fingerprint density at radius 3 is 2.29 bits per heavy atom. The largest absolute Gasteiger partial charge is 0.464 e. The SMILES string of the molecule is CC(C)(C)C(O)C(C)(Oc1ccc(Cl)cc1)n1cncn1. The third-order valence-electron chi connectivity index (χ3n) is 3.34. The fraction of sp³-hybridized carbons (Fsp3) is 0.467. The lowest BCUT2D eigenvalue weighted by atomic mass is 9.83. The van der Waals surface area contributed by atoms with Gasteiger partial charge in [-0.3, -0.25) is 0 Å². The van der Waals surface area contributed by atoms with E-state index in [-0.39, 0.29) is 0 Å². The maximum atomic E-state index is 10.8. The van der Waals surface area contributed by atoms with E-state index in [4.69, 9.17) is 16.3 Å². The lowest BCUT2D eigenvalue weighted by Gasteiger charge is -2.41. The summed E-state index contributed by atoms with van der Waals surface area (Å²) in [5.41, 5.74) is -1.48. The molecule has 0 saturated carbocycles. The molecule has 2 aromatic rings. The molecule has 0 bridgehead atoms. The molecular weight excluding hydrogens is 290 g/mol. The predicted molar refractivity (Wildman–Crippen MR) is 81.2 cm³/mol. The van der Waals surface area contributed by atoms with Crippen molar-refractivity contribution < 1.29 is 9.84 Å². The van der Waals surface area contributed by atoms with Crippen LogP contribution in [0.4, 0.5) is 0 Å². The van der Waals surface area contributed by atoms with Gasteiger partial charge in [0.25, 0.3) is 0 Å². The summed E-state index contributed by atoms with van der Waals surface area (Å²) in [6, 6.07) is 6.99. The minimum absolute atomic E-state index is 0.396. The van der Waals surface area contributed by atoms with E-state index < -0.39 is 17.2 Å². The molecule has 1 aromatic carbocycles. The first-order valence-corrected chi connectivity index (χ1v) is 7.09. The van der Waals surface area contributed by atoms with E-state index in [0.717, 1.165) is 0 Å². The van der Waals surface area contributed by atoms with Gasteiger partial charge >= 0.3 is 0 Å². The Kier molecular flexibility index (Phi) is 4.25. The number of nitrogens with zero attached hydrogens (tertiary/aromatic N) is 3. The molecule has 2 unspecified atom stereocenters. The summed E-state index contributed by atoms with van der Waals surface area (Å²) in [6.45, 7) is 7.61. The van der Waals surface area contributed by atoms with Crippen molar-refractivity contribution in [2.24, 2.45) is 5.41 Å². The molecule has 1 N–H and O–H groups in total. The lowest BCUT2D eigenvalue weighted by molar-refractivity contribution is -0.149. The van der Waals surface area contributed by atoms with Crippen LogP contribution in [0.2, 0.25) is 5.02 Å². The van der Waals surface area contributed by atoms with Crippen LogP contribution in [0.25, 0.3) is 0 Å². The van der Waals surface area contributed by atoms with Gasteiger partial charge in [0.1, 0.15) is 24.5 Å². The topological polar surface area (TPSA) is 60.2 Å². The minimum atomic E-state index is -1.08. The van der Waals surface area contributed by atoms with Gasteiger partial charge in [-0.1, -0.05) is 32.4 Å². The first-order valence-electron chi connectivity index (χ1n) is 6.71. The number of aliphatic hydroxyl groups is 1. The van der Waals surface area contributed by atoms with Crippen molar-refractivity contribution in [1.82, 2.24) is 14.8 Å². The molecule has 114 valence electrons. The zero-order chi connectivity index (χ0) is 15.7. The Balaban J connectivity index is 2.39. The smallest absolute Gasteiger partial charge is 0.226 e. The summed E-state index contributed by atoms with van der Waals surface area (Å²) < 4.78 is 7.57. The molecule has 1 heterocycles. The van der Waals surface area contributed by atoms with Gasteiger partial charge in [0.15, 0.2) is 0 Å². The molecule has 0 aliphatic heterocycles. The second kappa shape index (κ2) is 5.66. The quantitative estimate of drug-likeness (QED) is 0.943. The third-order valence-corrected chi connectivity index (χ3v) is 3.59. The van der Waals surface area contributed by atoms with Crippen LogP contribution >= 0.6 is 11.6 Å². The van der Waals surface area contributed by atoms with Crippen LogP contribution in [0.3, 0.4) is 0 Å². The minimum Gasteiger partial charge on any atom is -0.464 e. The molecule has 0 amide bonds. The van der Waals surface area contributed by atoms with Gasteiger partial charge in [-0.25, -0.2) is 9.67 Å². The summed E-state index contributed by atoms with van der Waals surface area (Å²) in [5, 5.41) is 15.5. The Morgan fingerprint density at radius 1 is 1.19 bits per heavy atom. The molecule has 2 atom stereocenters. The van der Waals surface area contributed by atoms with Crippen LogP contribution in [0.5, 0.6) is 5.75 Å². The molecule has 0 aliphatic carbocycles. The van der Waals surface area contributed by atoms with Gasteiger partial charge in [0.05, 0.1) is 0 Å². The molecule has 2 rings (SSSR count). The molecule has 0 spiro atoms.